The highest BCUT2D eigenvalue weighted by Gasteiger charge is 2.38. The lowest BCUT2D eigenvalue weighted by Crippen LogP contribution is -2.31. The first-order valence-corrected chi connectivity index (χ1v) is 5.67. The third-order valence-electron chi connectivity index (χ3n) is 3.28. The van der Waals surface area contributed by atoms with E-state index in [0.29, 0.717) is 5.56 Å². The second-order valence-corrected chi connectivity index (χ2v) is 4.83. The van der Waals surface area contributed by atoms with E-state index >= 15 is 0 Å². The number of hydrogen-bond acceptors (Lipinski definition) is 1. The van der Waals surface area contributed by atoms with Crippen molar-refractivity contribution >= 4 is 5.78 Å². The molecule has 88 valence electrons. The molecule has 17 heavy (non-hydrogen) atoms. The van der Waals surface area contributed by atoms with Crippen LogP contribution in [0.3, 0.4) is 0 Å². The SMILES string of the molecule is CC1(C)C(F)=CC=CC1C(=O)c1ccccc1. The molecule has 0 aliphatic heterocycles. The lowest BCUT2D eigenvalue weighted by atomic mass is 9.72. The number of allylic oxidation sites excluding steroid dienone is 4. The highest BCUT2D eigenvalue weighted by molar-refractivity contribution is 5.99. The first kappa shape index (κ1) is 11.8. The lowest BCUT2D eigenvalue weighted by Gasteiger charge is -2.32. The minimum atomic E-state index is -0.762. The largest absolute Gasteiger partial charge is 0.293 e. The molecule has 1 unspecified atom stereocenters. The van der Waals surface area contributed by atoms with Crippen LogP contribution >= 0.6 is 0 Å². The Hall–Kier alpha value is -1.70. The summed E-state index contributed by atoms with van der Waals surface area (Å²) in [5.41, 5.74) is -0.133. The lowest BCUT2D eigenvalue weighted by molar-refractivity contribution is 0.0861. The average Bonchev–Trinajstić information content (AvgIpc) is 2.33. The van der Waals surface area contributed by atoms with E-state index in [4.69, 9.17) is 0 Å². The number of ketones is 1. The van der Waals surface area contributed by atoms with Gasteiger partial charge in [0, 0.05) is 11.0 Å². The van der Waals surface area contributed by atoms with Crippen molar-refractivity contribution in [1.82, 2.24) is 0 Å². The molecule has 0 saturated carbocycles. The minimum absolute atomic E-state index is 0.0323. The fourth-order valence-electron chi connectivity index (χ4n) is 2.05. The maximum Gasteiger partial charge on any atom is 0.170 e. The van der Waals surface area contributed by atoms with Gasteiger partial charge in [0.05, 0.1) is 5.92 Å². The molecule has 0 saturated heterocycles. The summed E-state index contributed by atoms with van der Waals surface area (Å²) >= 11 is 0. The van der Waals surface area contributed by atoms with E-state index in [9.17, 15) is 9.18 Å². The monoisotopic (exact) mass is 230 g/mol. The first-order chi connectivity index (χ1) is 8.03. The molecular formula is C15H15FO. The van der Waals surface area contributed by atoms with Crippen LogP contribution in [0.25, 0.3) is 0 Å². The van der Waals surface area contributed by atoms with Crippen LogP contribution in [-0.2, 0) is 0 Å². The molecule has 0 N–H and O–H groups in total. The quantitative estimate of drug-likeness (QED) is 0.703. The van der Waals surface area contributed by atoms with Gasteiger partial charge < -0.3 is 0 Å². The molecular weight excluding hydrogens is 215 g/mol. The van der Waals surface area contributed by atoms with Crippen LogP contribution in [0.4, 0.5) is 4.39 Å². The Morgan fingerprint density at radius 1 is 1.24 bits per heavy atom. The highest BCUT2D eigenvalue weighted by Crippen LogP contribution is 2.40. The molecule has 2 rings (SSSR count). The van der Waals surface area contributed by atoms with Gasteiger partial charge in [-0.05, 0) is 6.08 Å². The van der Waals surface area contributed by atoms with Gasteiger partial charge in [0.2, 0.25) is 0 Å². The molecule has 0 bridgehead atoms. The molecule has 0 spiro atoms. The van der Waals surface area contributed by atoms with Crippen molar-refractivity contribution < 1.29 is 9.18 Å². The van der Waals surface area contributed by atoms with Gasteiger partial charge in [-0.15, -0.1) is 0 Å². The molecule has 0 heterocycles. The molecule has 1 atom stereocenters. The summed E-state index contributed by atoms with van der Waals surface area (Å²) in [6.07, 6.45) is 4.82. The van der Waals surface area contributed by atoms with Crippen LogP contribution in [0.5, 0.6) is 0 Å². The van der Waals surface area contributed by atoms with Crippen LogP contribution in [0.2, 0.25) is 0 Å². The summed E-state index contributed by atoms with van der Waals surface area (Å²) in [7, 11) is 0. The van der Waals surface area contributed by atoms with E-state index < -0.39 is 11.3 Å². The molecule has 0 radical (unpaired) electrons. The number of carbonyl (C=O) groups is 1. The van der Waals surface area contributed by atoms with E-state index in [1.54, 1.807) is 38.1 Å². The zero-order valence-electron chi connectivity index (χ0n) is 9.98. The molecule has 2 heteroatoms. The van der Waals surface area contributed by atoms with E-state index in [-0.39, 0.29) is 11.6 Å². The summed E-state index contributed by atoms with van der Waals surface area (Å²) in [6.45, 7) is 3.52. The van der Waals surface area contributed by atoms with E-state index in [1.165, 1.54) is 6.08 Å². The summed E-state index contributed by atoms with van der Waals surface area (Å²) < 4.78 is 13.7. The van der Waals surface area contributed by atoms with E-state index in [2.05, 4.69) is 0 Å². The molecule has 0 aromatic heterocycles. The Morgan fingerprint density at radius 2 is 1.88 bits per heavy atom. The van der Waals surface area contributed by atoms with Crippen molar-refractivity contribution in [2.24, 2.45) is 11.3 Å². The van der Waals surface area contributed by atoms with Gasteiger partial charge in [0.1, 0.15) is 5.83 Å². The number of carbonyl (C=O) groups excluding carboxylic acids is 1. The van der Waals surface area contributed by atoms with Gasteiger partial charge in [0.15, 0.2) is 5.78 Å². The second-order valence-electron chi connectivity index (χ2n) is 4.83. The van der Waals surface area contributed by atoms with Crippen molar-refractivity contribution in [3.8, 4) is 0 Å². The Balaban J connectivity index is 2.34. The van der Waals surface area contributed by atoms with Crippen molar-refractivity contribution in [3.05, 3.63) is 60.0 Å². The summed E-state index contributed by atoms with van der Waals surface area (Å²) in [6, 6.07) is 9.03. The predicted octanol–water partition coefficient (Wildman–Crippen LogP) is 3.93. The average molecular weight is 230 g/mol. The van der Waals surface area contributed by atoms with Gasteiger partial charge in [-0.3, -0.25) is 4.79 Å². The Labute approximate surface area is 101 Å². The van der Waals surface area contributed by atoms with Crippen LogP contribution < -0.4 is 0 Å². The van der Waals surface area contributed by atoms with Crippen molar-refractivity contribution in [2.45, 2.75) is 13.8 Å². The van der Waals surface area contributed by atoms with E-state index in [0.717, 1.165) is 0 Å². The zero-order chi connectivity index (χ0) is 12.5. The van der Waals surface area contributed by atoms with Gasteiger partial charge in [0.25, 0.3) is 0 Å². The normalized spacial score (nSPS) is 22.1. The number of Topliss-reactive ketones (excluding diaryl/α,β-unsaturated/α-hetero) is 1. The molecule has 1 aliphatic rings. The smallest absolute Gasteiger partial charge is 0.170 e. The zero-order valence-corrected chi connectivity index (χ0v) is 9.98. The Kier molecular flexibility index (Phi) is 2.97. The maximum atomic E-state index is 13.7. The molecule has 0 fully saturated rings. The number of hydrogen-bond donors (Lipinski definition) is 0. The van der Waals surface area contributed by atoms with Crippen molar-refractivity contribution in [1.29, 1.82) is 0 Å². The van der Waals surface area contributed by atoms with Crippen LogP contribution in [-0.4, -0.2) is 5.78 Å². The third-order valence-corrected chi connectivity index (χ3v) is 3.28. The highest BCUT2D eigenvalue weighted by atomic mass is 19.1. The number of rotatable bonds is 2. The van der Waals surface area contributed by atoms with Crippen LogP contribution in [0.15, 0.2) is 54.4 Å². The summed E-state index contributed by atoms with van der Waals surface area (Å²) in [5, 5.41) is 0. The van der Waals surface area contributed by atoms with Gasteiger partial charge in [-0.25, -0.2) is 4.39 Å². The van der Waals surface area contributed by atoms with Gasteiger partial charge in [-0.1, -0.05) is 56.3 Å². The van der Waals surface area contributed by atoms with Crippen molar-refractivity contribution in [2.75, 3.05) is 0 Å². The minimum Gasteiger partial charge on any atom is -0.293 e. The molecule has 0 amide bonds. The van der Waals surface area contributed by atoms with Gasteiger partial charge in [-0.2, -0.15) is 0 Å². The van der Waals surface area contributed by atoms with Crippen molar-refractivity contribution in [3.63, 3.8) is 0 Å². The predicted molar refractivity (Wildman–Crippen MR) is 66.4 cm³/mol. The summed E-state index contributed by atoms with van der Waals surface area (Å²) in [4.78, 5) is 12.3. The molecule has 1 aromatic rings. The van der Waals surface area contributed by atoms with E-state index in [1.807, 2.05) is 18.2 Å². The topological polar surface area (TPSA) is 17.1 Å². The number of benzene rings is 1. The number of halogens is 1. The Morgan fingerprint density at radius 3 is 2.53 bits per heavy atom. The molecule has 1 aromatic carbocycles. The van der Waals surface area contributed by atoms with Crippen LogP contribution in [0.1, 0.15) is 24.2 Å². The standard InChI is InChI=1S/C15H15FO/c1-15(2)12(9-6-10-13(15)16)14(17)11-7-4-3-5-8-11/h3-10,12H,1-2H3. The maximum absolute atomic E-state index is 13.7. The van der Waals surface area contributed by atoms with Crippen LogP contribution in [0, 0.1) is 11.3 Å². The molecule has 1 nitrogen and oxygen atoms in total. The summed E-state index contributed by atoms with van der Waals surface area (Å²) in [5.74, 6) is -0.709. The second kappa shape index (κ2) is 4.28. The molecule has 1 aliphatic carbocycles. The third kappa shape index (κ3) is 2.07. The fourth-order valence-corrected chi connectivity index (χ4v) is 2.05. The first-order valence-electron chi connectivity index (χ1n) is 5.67. The van der Waals surface area contributed by atoms with Gasteiger partial charge >= 0.3 is 0 Å². The Bertz CT molecular complexity index is 483. The fraction of sp³-hybridized carbons (Fsp3) is 0.267.